The van der Waals surface area contributed by atoms with E-state index in [4.69, 9.17) is 17.3 Å². The summed E-state index contributed by atoms with van der Waals surface area (Å²) in [6.07, 6.45) is 0. The molecule has 1 aromatic carbocycles. The summed E-state index contributed by atoms with van der Waals surface area (Å²) in [5.74, 6) is -0.0598. The van der Waals surface area contributed by atoms with Gasteiger partial charge in [-0.15, -0.1) is 0 Å². The molecule has 94 valence electrons. The molecule has 0 saturated heterocycles. The summed E-state index contributed by atoms with van der Waals surface area (Å²) < 4.78 is 0. The topological polar surface area (TPSA) is 58.4 Å². The molecule has 0 bridgehead atoms. The average molecular weight is 256 g/mol. The normalized spacial score (nSPS) is 10.6. The molecule has 0 unspecified atom stereocenters. The summed E-state index contributed by atoms with van der Waals surface area (Å²) in [4.78, 5) is 13.8. The van der Waals surface area contributed by atoms with Crippen molar-refractivity contribution in [2.24, 2.45) is 0 Å². The van der Waals surface area contributed by atoms with Crippen LogP contribution in [0.5, 0.6) is 0 Å². The van der Waals surface area contributed by atoms with Gasteiger partial charge in [0, 0.05) is 16.4 Å². The highest BCUT2D eigenvalue weighted by Crippen LogP contribution is 2.20. The minimum atomic E-state index is -0.0598. The van der Waals surface area contributed by atoms with E-state index in [1.54, 1.807) is 18.2 Å². The Morgan fingerprint density at radius 2 is 2.00 bits per heavy atom. The van der Waals surface area contributed by atoms with Crippen LogP contribution in [0.1, 0.15) is 13.8 Å². The van der Waals surface area contributed by atoms with Crippen LogP contribution in [0.15, 0.2) is 18.2 Å². The van der Waals surface area contributed by atoms with Crippen molar-refractivity contribution in [3.8, 4) is 0 Å². The number of likely N-dealkylation sites (N-methyl/N-ethyl adjacent to an activating group) is 1. The van der Waals surface area contributed by atoms with Gasteiger partial charge in [0.05, 0.1) is 6.54 Å². The van der Waals surface area contributed by atoms with Crippen molar-refractivity contribution in [2.45, 2.75) is 13.8 Å². The lowest BCUT2D eigenvalue weighted by molar-refractivity contribution is -0.117. The Kier molecular flexibility index (Phi) is 5.25. The Bertz CT molecular complexity index is 371. The molecule has 0 aliphatic heterocycles. The molecule has 0 fully saturated rings. The highest BCUT2D eigenvalue weighted by atomic mass is 35.5. The second-order valence-corrected chi connectivity index (χ2v) is 4.22. The van der Waals surface area contributed by atoms with Crippen molar-refractivity contribution in [3.05, 3.63) is 23.2 Å². The van der Waals surface area contributed by atoms with Gasteiger partial charge in [-0.1, -0.05) is 25.4 Å². The SMILES string of the molecule is CCN(CC)CC(=O)Nc1cc(N)cc(Cl)c1. The molecule has 0 spiro atoms. The Labute approximate surface area is 107 Å². The van der Waals surface area contributed by atoms with E-state index in [1.807, 2.05) is 18.7 Å². The predicted octanol–water partition coefficient (Wildman–Crippen LogP) is 2.20. The first-order chi connectivity index (χ1) is 8.05. The molecule has 1 aromatic rings. The van der Waals surface area contributed by atoms with Crippen LogP contribution in [0.25, 0.3) is 0 Å². The fourth-order valence-electron chi connectivity index (χ4n) is 1.54. The lowest BCUT2D eigenvalue weighted by Gasteiger charge is -2.17. The van der Waals surface area contributed by atoms with Crippen LogP contribution in [0.3, 0.4) is 0 Å². The van der Waals surface area contributed by atoms with Crippen LogP contribution < -0.4 is 11.1 Å². The molecule has 3 N–H and O–H groups in total. The summed E-state index contributed by atoms with van der Waals surface area (Å²) in [5, 5.41) is 3.29. The van der Waals surface area contributed by atoms with Crippen molar-refractivity contribution in [1.82, 2.24) is 4.90 Å². The van der Waals surface area contributed by atoms with Gasteiger partial charge in [-0.25, -0.2) is 0 Å². The Morgan fingerprint density at radius 1 is 1.35 bits per heavy atom. The third-order valence-electron chi connectivity index (χ3n) is 2.47. The zero-order valence-electron chi connectivity index (χ0n) is 10.2. The number of hydrogen-bond acceptors (Lipinski definition) is 3. The minimum Gasteiger partial charge on any atom is -0.399 e. The predicted molar refractivity (Wildman–Crippen MR) is 72.3 cm³/mol. The Hall–Kier alpha value is -1.26. The van der Waals surface area contributed by atoms with E-state index in [-0.39, 0.29) is 5.91 Å². The lowest BCUT2D eigenvalue weighted by Crippen LogP contribution is -2.32. The molecular formula is C12H18ClN3O. The van der Waals surface area contributed by atoms with Crippen LogP contribution >= 0.6 is 11.6 Å². The molecule has 0 aliphatic rings. The van der Waals surface area contributed by atoms with Crippen LogP contribution in [0.4, 0.5) is 11.4 Å². The van der Waals surface area contributed by atoms with Crippen molar-refractivity contribution in [1.29, 1.82) is 0 Å². The minimum absolute atomic E-state index is 0.0598. The van der Waals surface area contributed by atoms with Crippen molar-refractivity contribution in [3.63, 3.8) is 0 Å². The summed E-state index contributed by atoms with van der Waals surface area (Å²) in [5.41, 5.74) is 6.81. The number of hydrogen-bond donors (Lipinski definition) is 2. The number of anilines is 2. The number of carbonyl (C=O) groups is 1. The first-order valence-corrected chi connectivity index (χ1v) is 6.01. The Morgan fingerprint density at radius 3 is 2.53 bits per heavy atom. The zero-order chi connectivity index (χ0) is 12.8. The van der Waals surface area contributed by atoms with Gasteiger partial charge >= 0.3 is 0 Å². The summed E-state index contributed by atoms with van der Waals surface area (Å²) in [6, 6.07) is 5.01. The molecule has 17 heavy (non-hydrogen) atoms. The fourth-order valence-corrected chi connectivity index (χ4v) is 1.78. The van der Waals surface area contributed by atoms with Gasteiger partial charge in [0.25, 0.3) is 0 Å². The van der Waals surface area contributed by atoms with Gasteiger partial charge in [0.15, 0.2) is 0 Å². The largest absolute Gasteiger partial charge is 0.399 e. The average Bonchev–Trinajstić information content (AvgIpc) is 2.24. The maximum atomic E-state index is 11.7. The van der Waals surface area contributed by atoms with Gasteiger partial charge in [-0.05, 0) is 31.3 Å². The van der Waals surface area contributed by atoms with E-state index in [9.17, 15) is 4.79 Å². The number of nitrogens with zero attached hydrogens (tertiary/aromatic N) is 1. The van der Waals surface area contributed by atoms with Crippen molar-refractivity contribution >= 4 is 28.9 Å². The fraction of sp³-hybridized carbons (Fsp3) is 0.417. The van der Waals surface area contributed by atoms with Crippen LogP contribution in [-0.2, 0) is 4.79 Å². The standard InChI is InChI=1S/C12H18ClN3O/c1-3-16(4-2)8-12(17)15-11-6-9(13)5-10(14)7-11/h5-7H,3-4,8,14H2,1-2H3,(H,15,17). The number of carbonyl (C=O) groups excluding carboxylic acids is 1. The molecular weight excluding hydrogens is 238 g/mol. The van der Waals surface area contributed by atoms with Crippen LogP contribution in [0, 0.1) is 0 Å². The Balaban J connectivity index is 2.61. The van der Waals surface area contributed by atoms with Gasteiger partial charge in [-0.2, -0.15) is 0 Å². The van der Waals surface area contributed by atoms with Crippen LogP contribution in [0.2, 0.25) is 5.02 Å². The van der Waals surface area contributed by atoms with Crippen molar-refractivity contribution in [2.75, 3.05) is 30.7 Å². The zero-order valence-corrected chi connectivity index (χ0v) is 10.9. The van der Waals surface area contributed by atoms with E-state index >= 15 is 0 Å². The highest BCUT2D eigenvalue weighted by molar-refractivity contribution is 6.31. The monoisotopic (exact) mass is 255 g/mol. The summed E-state index contributed by atoms with van der Waals surface area (Å²) >= 11 is 5.85. The second kappa shape index (κ2) is 6.47. The van der Waals surface area contributed by atoms with E-state index in [0.29, 0.717) is 22.9 Å². The number of halogens is 1. The molecule has 0 saturated carbocycles. The molecule has 0 heterocycles. The summed E-state index contributed by atoms with van der Waals surface area (Å²) in [7, 11) is 0. The number of rotatable bonds is 5. The van der Waals surface area contributed by atoms with Gasteiger partial charge < -0.3 is 11.1 Å². The molecule has 0 atom stereocenters. The van der Waals surface area contributed by atoms with E-state index < -0.39 is 0 Å². The first-order valence-electron chi connectivity index (χ1n) is 5.63. The maximum absolute atomic E-state index is 11.7. The van der Waals surface area contributed by atoms with Gasteiger partial charge in [0.1, 0.15) is 0 Å². The third-order valence-corrected chi connectivity index (χ3v) is 2.68. The van der Waals surface area contributed by atoms with E-state index in [2.05, 4.69) is 5.32 Å². The van der Waals surface area contributed by atoms with Gasteiger partial charge in [0.2, 0.25) is 5.91 Å². The number of nitrogen functional groups attached to an aromatic ring is 1. The summed E-state index contributed by atoms with van der Waals surface area (Å²) in [6.45, 7) is 6.12. The number of benzene rings is 1. The number of amides is 1. The first kappa shape index (κ1) is 13.8. The second-order valence-electron chi connectivity index (χ2n) is 3.78. The van der Waals surface area contributed by atoms with Crippen molar-refractivity contribution < 1.29 is 4.79 Å². The molecule has 0 radical (unpaired) electrons. The van der Waals surface area contributed by atoms with Gasteiger partial charge in [-0.3, -0.25) is 9.69 Å². The van der Waals surface area contributed by atoms with E-state index in [1.165, 1.54) is 0 Å². The molecule has 0 aliphatic carbocycles. The maximum Gasteiger partial charge on any atom is 0.238 e. The highest BCUT2D eigenvalue weighted by Gasteiger charge is 2.08. The quantitative estimate of drug-likeness (QED) is 0.793. The lowest BCUT2D eigenvalue weighted by atomic mass is 10.3. The molecule has 4 nitrogen and oxygen atoms in total. The molecule has 0 aromatic heterocycles. The number of nitrogens with two attached hydrogens (primary N) is 1. The third kappa shape index (κ3) is 4.63. The smallest absolute Gasteiger partial charge is 0.238 e. The van der Waals surface area contributed by atoms with Crippen LogP contribution in [-0.4, -0.2) is 30.4 Å². The number of nitrogens with one attached hydrogen (secondary N) is 1. The molecule has 1 rings (SSSR count). The van der Waals surface area contributed by atoms with E-state index in [0.717, 1.165) is 13.1 Å². The molecule has 1 amide bonds. The molecule has 5 heteroatoms.